The van der Waals surface area contributed by atoms with Crippen LogP contribution in [0.2, 0.25) is 0 Å². The molecular weight excluding hydrogens is 203 g/mol. The van der Waals surface area contributed by atoms with Crippen molar-refractivity contribution in [3.63, 3.8) is 0 Å². The number of hydrogen-bond acceptors (Lipinski definition) is 1. The Morgan fingerprint density at radius 3 is 2.88 bits per heavy atom. The molecule has 0 N–H and O–H groups in total. The number of benzene rings is 1. The van der Waals surface area contributed by atoms with Crippen molar-refractivity contribution in [1.29, 1.82) is 0 Å². The molecular formula is C14H15FO. The molecule has 16 heavy (non-hydrogen) atoms. The van der Waals surface area contributed by atoms with E-state index >= 15 is 0 Å². The van der Waals surface area contributed by atoms with Crippen molar-refractivity contribution in [2.45, 2.75) is 38.0 Å². The minimum atomic E-state index is -0.146. The number of carbonyl (C=O) groups excluding carboxylic acids is 1. The molecule has 3 rings (SSSR count). The normalized spacial score (nSPS) is 32.4. The van der Waals surface area contributed by atoms with Gasteiger partial charge in [-0.1, -0.05) is 6.07 Å². The highest BCUT2D eigenvalue weighted by molar-refractivity contribution is 5.81. The van der Waals surface area contributed by atoms with E-state index in [0.29, 0.717) is 24.5 Å². The third-order valence-corrected chi connectivity index (χ3v) is 4.17. The monoisotopic (exact) mass is 218 g/mol. The minimum absolute atomic E-state index is 0.140. The van der Waals surface area contributed by atoms with Crippen LogP contribution < -0.4 is 0 Å². The number of Topliss-reactive ketones (excluding diaryl/α,β-unsaturated/α-hetero) is 1. The second-order valence-electron chi connectivity index (χ2n) is 5.32. The lowest BCUT2D eigenvalue weighted by Crippen LogP contribution is -2.19. The van der Waals surface area contributed by atoms with Gasteiger partial charge in [-0.15, -0.1) is 0 Å². The molecule has 0 spiro atoms. The Kier molecular flexibility index (Phi) is 1.97. The largest absolute Gasteiger partial charge is 0.300 e. The van der Waals surface area contributed by atoms with Gasteiger partial charge in [0, 0.05) is 12.8 Å². The lowest BCUT2D eigenvalue weighted by atomic mass is 9.82. The number of fused-ring (bicyclic) bond motifs is 1. The fourth-order valence-corrected chi connectivity index (χ4v) is 3.22. The van der Waals surface area contributed by atoms with Crippen LogP contribution in [-0.4, -0.2) is 5.78 Å². The topological polar surface area (TPSA) is 17.1 Å². The summed E-state index contributed by atoms with van der Waals surface area (Å²) in [6.45, 7) is 1.93. The predicted molar refractivity (Wildman–Crippen MR) is 59.8 cm³/mol. The number of ketones is 1. The Morgan fingerprint density at radius 1 is 1.38 bits per heavy atom. The zero-order valence-electron chi connectivity index (χ0n) is 9.42. The molecule has 2 heteroatoms. The van der Waals surface area contributed by atoms with Crippen molar-refractivity contribution in [3.8, 4) is 0 Å². The molecule has 2 aliphatic carbocycles. The van der Waals surface area contributed by atoms with Gasteiger partial charge in [0.25, 0.3) is 0 Å². The van der Waals surface area contributed by atoms with E-state index in [4.69, 9.17) is 0 Å². The Labute approximate surface area is 94.7 Å². The summed E-state index contributed by atoms with van der Waals surface area (Å²) in [6, 6.07) is 5.30. The van der Waals surface area contributed by atoms with Crippen molar-refractivity contribution in [2.24, 2.45) is 5.92 Å². The van der Waals surface area contributed by atoms with Crippen LogP contribution in [0.1, 0.15) is 36.8 Å². The van der Waals surface area contributed by atoms with E-state index in [1.165, 1.54) is 0 Å². The first kappa shape index (κ1) is 10.0. The molecule has 2 fully saturated rings. The van der Waals surface area contributed by atoms with Gasteiger partial charge in [-0.05, 0) is 54.4 Å². The molecule has 0 aromatic heterocycles. The van der Waals surface area contributed by atoms with Crippen LogP contribution in [0.4, 0.5) is 4.39 Å². The third-order valence-electron chi connectivity index (χ3n) is 4.17. The fraction of sp³-hybridized carbons (Fsp3) is 0.500. The van der Waals surface area contributed by atoms with Crippen LogP contribution in [0, 0.1) is 18.7 Å². The van der Waals surface area contributed by atoms with Crippen LogP contribution in [0.25, 0.3) is 0 Å². The molecule has 2 aliphatic rings. The van der Waals surface area contributed by atoms with Gasteiger partial charge < -0.3 is 0 Å². The lowest BCUT2D eigenvalue weighted by molar-refractivity contribution is -0.120. The van der Waals surface area contributed by atoms with Crippen molar-refractivity contribution in [1.82, 2.24) is 0 Å². The van der Waals surface area contributed by atoms with Crippen LogP contribution in [-0.2, 0) is 10.2 Å². The third kappa shape index (κ3) is 1.40. The number of halogens is 1. The Bertz CT molecular complexity index is 446. The summed E-state index contributed by atoms with van der Waals surface area (Å²) >= 11 is 0. The fourth-order valence-electron chi connectivity index (χ4n) is 3.22. The molecule has 0 aliphatic heterocycles. The quantitative estimate of drug-likeness (QED) is 0.707. The molecule has 84 valence electrons. The van der Waals surface area contributed by atoms with Crippen molar-refractivity contribution < 1.29 is 9.18 Å². The summed E-state index contributed by atoms with van der Waals surface area (Å²) in [5.41, 5.74) is 2.23. The predicted octanol–water partition coefficient (Wildman–Crippen LogP) is 3.14. The molecule has 1 nitrogen and oxygen atoms in total. The van der Waals surface area contributed by atoms with Gasteiger partial charge in [-0.3, -0.25) is 4.79 Å². The van der Waals surface area contributed by atoms with Gasteiger partial charge in [-0.25, -0.2) is 4.39 Å². The minimum Gasteiger partial charge on any atom is -0.300 e. The van der Waals surface area contributed by atoms with E-state index in [9.17, 15) is 9.18 Å². The zero-order valence-corrected chi connectivity index (χ0v) is 9.42. The smallest absolute Gasteiger partial charge is 0.133 e. The number of hydrogen-bond donors (Lipinski definition) is 0. The summed E-state index contributed by atoms with van der Waals surface area (Å²) in [5.74, 6) is 0.716. The average Bonchev–Trinajstić information content (AvgIpc) is 2.91. The highest BCUT2D eigenvalue weighted by Crippen LogP contribution is 2.61. The molecule has 1 aromatic carbocycles. The Hall–Kier alpha value is -1.18. The van der Waals surface area contributed by atoms with Crippen LogP contribution in [0.3, 0.4) is 0 Å². The van der Waals surface area contributed by atoms with Gasteiger partial charge >= 0.3 is 0 Å². The van der Waals surface area contributed by atoms with Crippen LogP contribution in [0.15, 0.2) is 18.2 Å². The molecule has 2 atom stereocenters. The maximum absolute atomic E-state index is 13.4. The first-order valence-corrected chi connectivity index (χ1v) is 5.89. The van der Waals surface area contributed by atoms with Crippen LogP contribution >= 0.6 is 0 Å². The first-order chi connectivity index (χ1) is 7.60. The molecule has 0 bridgehead atoms. The summed E-state index contributed by atoms with van der Waals surface area (Å²) < 4.78 is 13.4. The Morgan fingerprint density at radius 2 is 2.19 bits per heavy atom. The van der Waals surface area contributed by atoms with E-state index in [-0.39, 0.29) is 11.2 Å². The Balaban J connectivity index is 1.96. The van der Waals surface area contributed by atoms with Crippen molar-refractivity contribution in [3.05, 3.63) is 35.1 Å². The van der Waals surface area contributed by atoms with E-state index in [0.717, 1.165) is 24.0 Å². The molecule has 2 unspecified atom stereocenters. The summed E-state index contributed by atoms with van der Waals surface area (Å²) in [5, 5.41) is 0. The summed E-state index contributed by atoms with van der Waals surface area (Å²) in [7, 11) is 0. The standard InChI is InChI=1S/C14H15FO/c1-9-4-10(6-12(15)5-9)14-3-2-13(16)7-11(14)8-14/h4-6,11H,2-3,7-8H2,1H3. The number of carbonyl (C=O) groups is 1. The van der Waals surface area contributed by atoms with Gasteiger partial charge in [0.2, 0.25) is 0 Å². The average molecular weight is 218 g/mol. The van der Waals surface area contributed by atoms with Crippen LogP contribution in [0.5, 0.6) is 0 Å². The molecule has 0 saturated heterocycles. The van der Waals surface area contributed by atoms with Gasteiger partial charge in [0.15, 0.2) is 0 Å². The van der Waals surface area contributed by atoms with Gasteiger partial charge in [-0.2, -0.15) is 0 Å². The van der Waals surface area contributed by atoms with Gasteiger partial charge in [0.1, 0.15) is 11.6 Å². The highest BCUT2D eigenvalue weighted by Gasteiger charge is 2.57. The van der Waals surface area contributed by atoms with Gasteiger partial charge in [0.05, 0.1) is 0 Å². The van der Waals surface area contributed by atoms with Crippen molar-refractivity contribution in [2.75, 3.05) is 0 Å². The van der Waals surface area contributed by atoms with E-state index in [1.807, 2.05) is 6.92 Å². The maximum atomic E-state index is 13.4. The van der Waals surface area contributed by atoms with E-state index < -0.39 is 0 Å². The highest BCUT2D eigenvalue weighted by atomic mass is 19.1. The summed E-state index contributed by atoms with van der Waals surface area (Å²) in [4.78, 5) is 11.3. The zero-order chi connectivity index (χ0) is 11.3. The second-order valence-corrected chi connectivity index (χ2v) is 5.32. The molecule has 0 amide bonds. The maximum Gasteiger partial charge on any atom is 0.133 e. The van der Waals surface area contributed by atoms with E-state index in [2.05, 4.69) is 6.07 Å². The molecule has 0 heterocycles. The molecule has 2 saturated carbocycles. The second kappa shape index (κ2) is 3.16. The first-order valence-electron chi connectivity index (χ1n) is 5.89. The summed E-state index contributed by atoms with van der Waals surface area (Å²) in [6.07, 6.45) is 3.36. The molecule has 1 aromatic rings. The number of aryl methyl sites for hydroxylation is 1. The lowest BCUT2D eigenvalue weighted by Gasteiger charge is -2.22. The molecule has 0 radical (unpaired) electrons. The van der Waals surface area contributed by atoms with E-state index in [1.54, 1.807) is 12.1 Å². The SMILES string of the molecule is Cc1cc(F)cc(C23CCC(=O)CC2C3)c1. The number of rotatable bonds is 1. The van der Waals surface area contributed by atoms with Crippen molar-refractivity contribution >= 4 is 5.78 Å².